The molecule has 1 spiro atoms. The minimum absolute atomic E-state index is 0.0631. The molecule has 1 aromatic rings. The van der Waals surface area contributed by atoms with Crippen molar-refractivity contribution in [3.8, 4) is 0 Å². The zero-order chi connectivity index (χ0) is 15.0. The summed E-state index contributed by atoms with van der Waals surface area (Å²) in [7, 11) is 0. The molecule has 1 atom stereocenters. The van der Waals surface area contributed by atoms with Crippen LogP contribution in [0.3, 0.4) is 0 Å². The van der Waals surface area contributed by atoms with Gasteiger partial charge in [0.1, 0.15) is 17.3 Å². The van der Waals surface area contributed by atoms with Gasteiger partial charge in [0, 0.05) is 11.3 Å². The second kappa shape index (κ2) is 5.00. The molecular formula is C15H15ClN4O. The molecule has 0 aromatic carbocycles. The van der Waals surface area contributed by atoms with Crippen LogP contribution in [-0.2, 0) is 10.2 Å². The molecule has 0 saturated carbocycles. The Kier molecular flexibility index (Phi) is 3.29. The molecule has 108 valence electrons. The number of carbonyl (C=O) groups is 1. The molecule has 0 bridgehead atoms. The number of rotatable bonds is 3. The van der Waals surface area contributed by atoms with Crippen molar-refractivity contribution < 1.29 is 4.79 Å². The lowest BCUT2D eigenvalue weighted by Crippen LogP contribution is -2.32. The molecule has 2 heterocycles. The highest BCUT2D eigenvalue weighted by atomic mass is 35.5. The standard InChI is InChI=1S/C15H15ClN4O/c1-2-10(17)4-3-9-5-6-15(7-9)11-12(16)18-8-19-13(11)20-14(15)21/h2,4-5,8H,1,3,6-7,17H2,(H,18,19,20,21). The van der Waals surface area contributed by atoms with Crippen LogP contribution in [0.4, 0.5) is 5.82 Å². The molecule has 0 radical (unpaired) electrons. The van der Waals surface area contributed by atoms with Gasteiger partial charge in [-0.3, -0.25) is 4.79 Å². The van der Waals surface area contributed by atoms with Gasteiger partial charge >= 0.3 is 0 Å². The Hall–Kier alpha value is -2.14. The van der Waals surface area contributed by atoms with Crippen molar-refractivity contribution in [2.75, 3.05) is 5.32 Å². The van der Waals surface area contributed by atoms with Crippen LogP contribution in [0.25, 0.3) is 0 Å². The molecule has 1 unspecified atom stereocenters. The number of hydrogen-bond acceptors (Lipinski definition) is 4. The van der Waals surface area contributed by atoms with Gasteiger partial charge in [-0.1, -0.05) is 35.9 Å². The summed E-state index contributed by atoms with van der Waals surface area (Å²) in [5.74, 6) is 0.461. The molecule has 1 amide bonds. The second-order valence-corrected chi connectivity index (χ2v) is 5.64. The first-order valence-corrected chi connectivity index (χ1v) is 7.03. The van der Waals surface area contributed by atoms with Gasteiger partial charge in [0.25, 0.3) is 0 Å². The predicted octanol–water partition coefficient (Wildman–Crippen LogP) is 2.46. The molecule has 0 fully saturated rings. The van der Waals surface area contributed by atoms with Crippen molar-refractivity contribution in [2.45, 2.75) is 24.7 Å². The van der Waals surface area contributed by atoms with E-state index < -0.39 is 5.41 Å². The number of carbonyl (C=O) groups excluding carboxylic acids is 1. The maximum atomic E-state index is 12.4. The first kappa shape index (κ1) is 13.8. The number of hydrogen-bond donors (Lipinski definition) is 2. The molecule has 5 nitrogen and oxygen atoms in total. The van der Waals surface area contributed by atoms with Crippen molar-refractivity contribution in [3.05, 3.63) is 53.1 Å². The van der Waals surface area contributed by atoms with Gasteiger partial charge in [-0.05, 0) is 25.3 Å². The van der Waals surface area contributed by atoms with Crippen LogP contribution in [0.5, 0.6) is 0 Å². The number of amides is 1. The molecular weight excluding hydrogens is 288 g/mol. The number of aromatic nitrogens is 2. The molecule has 21 heavy (non-hydrogen) atoms. The lowest BCUT2D eigenvalue weighted by atomic mass is 9.79. The van der Waals surface area contributed by atoms with Gasteiger partial charge in [0.15, 0.2) is 0 Å². The number of nitrogens with zero attached hydrogens (tertiary/aromatic N) is 2. The number of anilines is 1. The fourth-order valence-corrected chi connectivity index (χ4v) is 3.24. The average Bonchev–Trinajstić information content (AvgIpc) is 3.01. The van der Waals surface area contributed by atoms with E-state index in [4.69, 9.17) is 17.3 Å². The maximum Gasteiger partial charge on any atom is 0.237 e. The van der Waals surface area contributed by atoms with Crippen LogP contribution < -0.4 is 11.1 Å². The van der Waals surface area contributed by atoms with Crippen molar-refractivity contribution in [1.82, 2.24) is 9.97 Å². The Labute approximate surface area is 127 Å². The summed E-state index contributed by atoms with van der Waals surface area (Å²) >= 11 is 6.19. The van der Waals surface area contributed by atoms with E-state index >= 15 is 0 Å². The van der Waals surface area contributed by atoms with E-state index in [1.54, 1.807) is 6.08 Å². The van der Waals surface area contributed by atoms with E-state index in [0.29, 0.717) is 41.5 Å². The Morgan fingerprint density at radius 2 is 2.38 bits per heavy atom. The van der Waals surface area contributed by atoms with Crippen molar-refractivity contribution in [3.63, 3.8) is 0 Å². The van der Waals surface area contributed by atoms with E-state index in [-0.39, 0.29) is 5.91 Å². The minimum Gasteiger partial charge on any atom is -0.399 e. The topological polar surface area (TPSA) is 80.9 Å². The molecule has 1 aromatic heterocycles. The fourth-order valence-electron chi connectivity index (χ4n) is 2.93. The molecule has 6 heteroatoms. The van der Waals surface area contributed by atoms with Crippen LogP contribution in [0.2, 0.25) is 5.15 Å². The quantitative estimate of drug-likeness (QED) is 0.510. The molecule has 1 aliphatic heterocycles. The number of fused-ring (bicyclic) bond motifs is 2. The van der Waals surface area contributed by atoms with E-state index in [2.05, 4.69) is 27.9 Å². The third-order valence-corrected chi connectivity index (χ3v) is 4.34. The van der Waals surface area contributed by atoms with Crippen molar-refractivity contribution >= 4 is 23.3 Å². The minimum atomic E-state index is -0.667. The van der Waals surface area contributed by atoms with E-state index in [1.165, 1.54) is 6.33 Å². The number of nitrogens with one attached hydrogen (secondary N) is 1. The number of allylic oxidation sites excluding steroid dienone is 4. The van der Waals surface area contributed by atoms with E-state index in [9.17, 15) is 4.79 Å². The third kappa shape index (κ3) is 2.14. The molecule has 2 aliphatic rings. The molecule has 1 aliphatic carbocycles. The lowest BCUT2D eigenvalue weighted by Gasteiger charge is -2.21. The molecule has 3 rings (SSSR count). The SMILES string of the molecule is C=CC(N)=CCC1=CCC2(C1)C(=O)Nc1ncnc(Cl)c12. The van der Waals surface area contributed by atoms with Gasteiger partial charge in [0.2, 0.25) is 5.91 Å². The summed E-state index contributed by atoms with van der Waals surface area (Å²) in [6.07, 6.45) is 8.86. The Morgan fingerprint density at radius 3 is 3.14 bits per heavy atom. The van der Waals surface area contributed by atoms with Crippen molar-refractivity contribution in [2.24, 2.45) is 5.73 Å². The normalized spacial score (nSPS) is 24.0. The second-order valence-electron chi connectivity index (χ2n) is 5.28. The van der Waals surface area contributed by atoms with Gasteiger partial charge in [-0.15, -0.1) is 0 Å². The van der Waals surface area contributed by atoms with E-state index in [0.717, 1.165) is 5.57 Å². The highest BCUT2D eigenvalue weighted by molar-refractivity contribution is 6.31. The molecule has 3 N–H and O–H groups in total. The average molecular weight is 303 g/mol. The largest absolute Gasteiger partial charge is 0.399 e. The van der Waals surface area contributed by atoms with Gasteiger partial charge in [-0.25, -0.2) is 9.97 Å². The van der Waals surface area contributed by atoms with Crippen LogP contribution in [0.1, 0.15) is 24.8 Å². The van der Waals surface area contributed by atoms with Crippen LogP contribution in [-0.4, -0.2) is 15.9 Å². The zero-order valence-corrected chi connectivity index (χ0v) is 12.2. The highest BCUT2D eigenvalue weighted by Crippen LogP contribution is 2.50. The summed E-state index contributed by atoms with van der Waals surface area (Å²) in [6.45, 7) is 3.62. The Balaban J connectivity index is 1.89. The van der Waals surface area contributed by atoms with Crippen molar-refractivity contribution in [1.29, 1.82) is 0 Å². The van der Waals surface area contributed by atoms with Gasteiger partial charge < -0.3 is 11.1 Å². The first-order chi connectivity index (χ1) is 10.1. The van der Waals surface area contributed by atoms with Gasteiger partial charge in [-0.2, -0.15) is 0 Å². The summed E-state index contributed by atoms with van der Waals surface area (Å²) in [4.78, 5) is 20.5. The number of halogens is 1. The smallest absolute Gasteiger partial charge is 0.237 e. The van der Waals surface area contributed by atoms with E-state index in [1.807, 2.05) is 6.08 Å². The maximum absolute atomic E-state index is 12.4. The summed E-state index contributed by atoms with van der Waals surface area (Å²) < 4.78 is 0. The monoisotopic (exact) mass is 302 g/mol. The zero-order valence-electron chi connectivity index (χ0n) is 11.4. The lowest BCUT2D eigenvalue weighted by molar-refractivity contribution is -0.120. The Morgan fingerprint density at radius 1 is 1.57 bits per heavy atom. The summed E-state index contributed by atoms with van der Waals surface area (Å²) in [6, 6.07) is 0. The highest BCUT2D eigenvalue weighted by Gasteiger charge is 2.51. The predicted molar refractivity (Wildman–Crippen MR) is 81.8 cm³/mol. The summed E-state index contributed by atoms with van der Waals surface area (Å²) in [5.41, 5.74) is 7.55. The van der Waals surface area contributed by atoms with Crippen LogP contribution >= 0.6 is 11.6 Å². The fraction of sp³-hybridized carbons (Fsp3) is 0.267. The number of nitrogens with two attached hydrogens (primary N) is 1. The first-order valence-electron chi connectivity index (χ1n) is 6.65. The van der Waals surface area contributed by atoms with Crippen LogP contribution in [0, 0.1) is 0 Å². The Bertz CT molecular complexity index is 695. The third-order valence-electron chi connectivity index (χ3n) is 4.05. The van der Waals surface area contributed by atoms with Gasteiger partial charge in [0.05, 0.1) is 5.41 Å². The van der Waals surface area contributed by atoms with Crippen LogP contribution in [0.15, 0.2) is 42.4 Å². The molecule has 0 saturated heterocycles. The summed E-state index contributed by atoms with van der Waals surface area (Å²) in [5, 5.41) is 3.15.